The zero-order chi connectivity index (χ0) is 15.1. The van der Waals surface area contributed by atoms with Gasteiger partial charge in [0.15, 0.2) is 0 Å². The molecule has 0 aromatic heterocycles. The van der Waals surface area contributed by atoms with Gasteiger partial charge in [0.2, 0.25) is 5.91 Å². The largest absolute Gasteiger partial charge is 0.395 e. The van der Waals surface area contributed by atoms with Crippen LogP contribution in [0, 0.1) is 5.92 Å². The molecule has 1 atom stereocenters. The molecular weight excluding hydrogens is 264 g/mol. The average Bonchev–Trinajstić information content (AvgIpc) is 3.04. The maximum absolute atomic E-state index is 12.8. The van der Waals surface area contributed by atoms with Crippen molar-refractivity contribution in [2.45, 2.75) is 38.1 Å². The number of aliphatic hydroxyl groups excluding tert-OH is 1. The Hall–Kier alpha value is -1.39. The van der Waals surface area contributed by atoms with Crippen LogP contribution in [0.3, 0.4) is 0 Å². The van der Waals surface area contributed by atoms with Crippen LogP contribution in [0.2, 0.25) is 0 Å². The van der Waals surface area contributed by atoms with Gasteiger partial charge in [0, 0.05) is 19.1 Å². The van der Waals surface area contributed by atoms with E-state index in [1.54, 1.807) is 0 Å². The first-order valence-electron chi connectivity index (χ1n) is 7.91. The Labute approximate surface area is 126 Å². The highest BCUT2D eigenvalue weighted by Crippen LogP contribution is 2.25. The number of hydrogen-bond donors (Lipinski definition) is 2. The third kappa shape index (κ3) is 4.29. The minimum absolute atomic E-state index is 0.0187. The van der Waals surface area contributed by atoms with Crippen molar-refractivity contribution >= 4 is 5.91 Å². The molecule has 0 bridgehead atoms. The van der Waals surface area contributed by atoms with Gasteiger partial charge in [0.1, 0.15) is 0 Å². The van der Waals surface area contributed by atoms with Gasteiger partial charge < -0.3 is 15.7 Å². The van der Waals surface area contributed by atoms with Gasteiger partial charge in [-0.05, 0) is 24.8 Å². The molecule has 1 aromatic rings. The number of benzene rings is 1. The van der Waals surface area contributed by atoms with Crippen molar-refractivity contribution < 1.29 is 9.90 Å². The van der Waals surface area contributed by atoms with E-state index in [4.69, 9.17) is 5.73 Å². The summed E-state index contributed by atoms with van der Waals surface area (Å²) in [5, 5.41) is 9.26. The Bertz CT molecular complexity index is 430. The summed E-state index contributed by atoms with van der Waals surface area (Å²) >= 11 is 0. The van der Waals surface area contributed by atoms with Gasteiger partial charge in [-0.15, -0.1) is 0 Å². The van der Waals surface area contributed by atoms with E-state index in [-0.39, 0.29) is 24.5 Å². The van der Waals surface area contributed by atoms with Crippen molar-refractivity contribution in [3.05, 3.63) is 35.9 Å². The second-order valence-electron chi connectivity index (χ2n) is 5.82. The minimum atomic E-state index is -0.195. The topological polar surface area (TPSA) is 66.6 Å². The maximum atomic E-state index is 12.8. The third-order valence-corrected chi connectivity index (χ3v) is 4.35. The van der Waals surface area contributed by atoms with Crippen LogP contribution in [0.5, 0.6) is 0 Å². The molecule has 1 aliphatic rings. The van der Waals surface area contributed by atoms with E-state index >= 15 is 0 Å². The standard InChI is InChI=1S/C17H26N2O2/c18-13-15(12-14-6-2-1-3-7-14)17(21)19(10-11-20)16-8-4-5-9-16/h1-3,6-7,15-16,20H,4-5,8-13,18H2. The minimum Gasteiger partial charge on any atom is -0.395 e. The lowest BCUT2D eigenvalue weighted by atomic mass is 9.97. The van der Waals surface area contributed by atoms with Crippen molar-refractivity contribution in [3.63, 3.8) is 0 Å². The summed E-state index contributed by atoms with van der Waals surface area (Å²) in [5.41, 5.74) is 6.98. The lowest BCUT2D eigenvalue weighted by Crippen LogP contribution is -2.46. The van der Waals surface area contributed by atoms with Crippen LogP contribution in [-0.2, 0) is 11.2 Å². The van der Waals surface area contributed by atoms with E-state index in [0.717, 1.165) is 18.4 Å². The Balaban J connectivity index is 2.05. The van der Waals surface area contributed by atoms with Gasteiger partial charge in [-0.1, -0.05) is 43.2 Å². The molecule has 4 heteroatoms. The highest BCUT2D eigenvalue weighted by molar-refractivity contribution is 5.79. The van der Waals surface area contributed by atoms with Crippen LogP contribution in [0.4, 0.5) is 0 Å². The summed E-state index contributed by atoms with van der Waals surface area (Å²) in [6.07, 6.45) is 5.12. The summed E-state index contributed by atoms with van der Waals surface area (Å²) in [5.74, 6) is -0.0955. The van der Waals surface area contributed by atoms with Crippen LogP contribution < -0.4 is 5.73 Å². The molecule has 0 spiro atoms. The van der Waals surface area contributed by atoms with E-state index in [9.17, 15) is 9.90 Å². The van der Waals surface area contributed by atoms with Crippen LogP contribution in [0.1, 0.15) is 31.2 Å². The normalized spacial score (nSPS) is 16.9. The Morgan fingerprint density at radius 1 is 1.29 bits per heavy atom. The monoisotopic (exact) mass is 290 g/mol. The van der Waals surface area contributed by atoms with Crippen LogP contribution in [0.15, 0.2) is 30.3 Å². The van der Waals surface area contributed by atoms with Crippen LogP contribution in [-0.4, -0.2) is 41.7 Å². The molecule has 2 rings (SSSR count). The SMILES string of the molecule is NCC(Cc1ccccc1)C(=O)N(CCO)C1CCCC1. The molecule has 0 aliphatic heterocycles. The molecule has 0 saturated heterocycles. The van der Waals surface area contributed by atoms with Gasteiger partial charge in [0.05, 0.1) is 12.5 Å². The zero-order valence-corrected chi connectivity index (χ0v) is 12.6. The van der Waals surface area contributed by atoms with E-state index in [2.05, 4.69) is 0 Å². The molecule has 0 heterocycles. The van der Waals surface area contributed by atoms with E-state index < -0.39 is 0 Å². The van der Waals surface area contributed by atoms with Crippen LogP contribution >= 0.6 is 0 Å². The maximum Gasteiger partial charge on any atom is 0.227 e. The third-order valence-electron chi connectivity index (χ3n) is 4.35. The lowest BCUT2D eigenvalue weighted by Gasteiger charge is -2.31. The van der Waals surface area contributed by atoms with Crippen molar-refractivity contribution in [1.82, 2.24) is 4.90 Å². The highest BCUT2D eigenvalue weighted by Gasteiger charge is 2.30. The Kier molecular flexibility index (Phi) is 6.21. The fourth-order valence-electron chi connectivity index (χ4n) is 3.20. The number of carbonyl (C=O) groups is 1. The first-order valence-corrected chi connectivity index (χ1v) is 7.91. The predicted octanol–water partition coefficient (Wildman–Crippen LogP) is 1.57. The number of amides is 1. The number of hydrogen-bond acceptors (Lipinski definition) is 3. The molecule has 3 N–H and O–H groups in total. The molecule has 1 aromatic carbocycles. The van der Waals surface area contributed by atoms with Crippen LogP contribution in [0.25, 0.3) is 0 Å². The van der Waals surface area contributed by atoms with Gasteiger partial charge in [-0.25, -0.2) is 0 Å². The lowest BCUT2D eigenvalue weighted by molar-refractivity contribution is -0.138. The average molecular weight is 290 g/mol. The van der Waals surface area contributed by atoms with E-state index in [1.807, 2.05) is 35.2 Å². The van der Waals surface area contributed by atoms with E-state index in [0.29, 0.717) is 19.5 Å². The van der Waals surface area contributed by atoms with E-state index in [1.165, 1.54) is 12.8 Å². The smallest absolute Gasteiger partial charge is 0.227 e. The van der Waals surface area contributed by atoms with Gasteiger partial charge in [-0.2, -0.15) is 0 Å². The number of carbonyl (C=O) groups excluding carboxylic acids is 1. The molecule has 1 aliphatic carbocycles. The molecule has 1 saturated carbocycles. The molecule has 4 nitrogen and oxygen atoms in total. The first-order chi connectivity index (χ1) is 10.3. The molecule has 1 unspecified atom stereocenters. The number of nitrogens with two attached hydrogens (primary N) is 1. The van der Waals surface area contributed by atoms with Crippen molar-refractivity contribution in [3.8, 4) is 0 Å². The predicted molar refractivity (Wildman–Crippen MR) is 83.7 cm³/mol. The fourth-order valence-corrected chi connectivity index (χ4v) is 3.20. The summed E-state index contributed by atoms with van der Waals surface area (Å²) in [7, 11) is 0. The summed E-state index contributed by atoms with van der Waals surface area (Å²) in [4.78, 5) is 14.7. The Morgan fingerprint density at radius 2 is 1.95 bits per heavy atom. The molecular formula is C17H26N2O2. The number of nitrogens with zero attached hydrogens (tertiary/aromatic N) is 1. The van der Waals surface area contributed by atoms with Gasteiger partial charge in [0.25, 0.3) is 0 Å². The van der Waals surface area contributed by atoms with Crippen molar-refractivity contribution in [1.29, 1.82) is 0 Å². The Morgan fingerprint density at radius 3 is 2.52 bits per heavy atom. The van der Waals surface area contributed by atoms with Crippen molar-refractivity contribution in [2.24, 2.45) is 11.7 Å². The molecule has 1 amide bonds. The van der Waals surface area contributed by atoms with Crippen molar-refractivity contribution in [2.75, 3.05) is 19.7 Å². The quantitative estimate of drug-likeness (QED) is 0.801. The van der Waals surface area contributed by atoms with Gasteiger partial charge >= 0.3 is 0 Å². The molecule has 21 heavy (non-hydrogen) atoms. The summed E-state index contributed by atoms with van der Waals surface area (Å²) < 4.78 is 0. The molecule has 116 valence electrons. The fraction of sp³-hybridized carbons (Fsp3) is 0.588. The summed E-state index contributed by atoms with van der Waals surface area (Å²) in [6, 6.07) is 10.3. The highest BCUT2D eigenvalue weighted by atomic mass is 16.3. The van der Waals surface area contributed by atoms with Gasteiger partial charge in [-0.3, -0.25) is 4.79 Å². The molecule has 0 radical (unpaired) electrons. The number of aliphatic hydroxyl groups is 1. The first kappa shape index (κ1) is 16.0. The molecule has 1 fully saturated rings. The summed E-state index contributed by atoms with van der Waals surface area (Å²) in [6.45, 7) is 0.794. The number of rotatable bonds is 7. The second-order valence-corrected chi connectivity index (χ2v) is 5.82. The second kappa shape index (κ2) is 8.15. The zero-order valence-electron chi connectivity index (χ0n) is 12.6.